The number of rotatable bonds is 4. The molecular formula is C18H16N4O. The van der Waals surface area contributed by atoms with E-state index in [0.29, 0.717) is 17.1 Å². The van der Waals surface area contributed by atoms with Gasteiger partial charge in [0.1, 0.15) is 5.69 Å². The van der Waals surface area contributed by atoms with E-state index in [1.165, 1.54) is 0 Å². The second-order valence-electron chi connectivity index (χ2n) is 5.13. The summed E-state index contributed by atoms with van der Waals surface area (Å²) in [6.45, 7) is 0. The van der Waals surface area contributed by atoms with Gasteiger partial charge in [-0.05, 0) is 78.0 Å². The first-order chi connectivity index (χ1) is 11.2. The predicted octanol–water partition coefficient (Wildman–Crippen LogP) is 4.72. The lowest BCUT2D eigenvalue weighted by Crippen LogP contribution is -2.09. The third-order valence-electron chi connectivity index (χ3n) is 3.52. The SMILES string of the molecule is Nc1ccc(N(c2ccc(N)cc2)c2ccc(N=O)cc2)cc1. The van der Waals surface area contributed by atoms with Gasteiger partial charge in [-0.3, -0.25) is 0 Å². The van der Waals surface area contributed by atoms with E-state index in [4.69, 9.17) is 11.5 Å². The molecule has 3 aromatic carbocycles. The third-order valence-corrected chi connectivity index (χ3v) is 3.52. The van der Waals surface area contributed by atoms with Gasteiger partial charge < -0.3 is 16.4 Å². The van der Waals surface area contributed by atoms with Crippen molar-refractivity contribution in [1.82, 2.24) is 0 Å². The lowest BCUT2D eigenvalue weighted by atomic mass is 10.1. The second kappa shape index (κ2) is 6.19. The van der Waals surface area contributed by atoms with Crippen molar-refractivity contribution in [3.05, 3.63) is 77.7 Å². The van der Waals surface area contributed by atoms with Crippen LogP contribution in [0.4, 0.5) is 34.1 Å². The summed E-state index contributed by atoms with van der Waals surface area (Å²) in [5.41, 5.74) is 16.2. The topological polar surface area (TPSA) is 84.7 Å². The van der Waals surface area contributed by atoms with Crippen molar-refractivity contribution < 1.29 is 0 Å². The van der Waals surface area contributed by atoms with Crippen LogP contribution >= 0.6 is 0 Å². The number of nitroso groups, excluding NO2 is 1. The van der Waals surface area contributed by atoms with Crippen LogP contribution in [0.2, 0.25) is 0 Å². The smallest absolute Gasteiger partial charge is 0.108 e. The first-order valence-corrected chi connectivity index (χ1v) is 7.12. The zero-order chi connectivity index (χ0) is 16.2. The van der Waals surface area contributed by atoms with Crippen molar-refractivity contribution in [2.75, 3.05) is 16.4 Å². The van der Waals surface area contributed by atoms with E-state index in [9.17, 15) is 4.91 Å². The van der Waals surface area contributed by atoms with Crippen molar-refractivity contribution in [1.29, 1.82) is 0 Å². The van der Waals surface area contributed by atoms with E-state index in [1.807, 2.05) is 65.6 Å². The third kappa shape index (κ3) is 3.13. The molecule has 0 aliphatic heterocycles. The number of nitrogen functional groups attached to an aromatic ring is 2. The summed E-state index contributed by atoms with van der Waals surface area (Å²) in [7, 11) is 0. The van der Waals surface area contributed by atoms with Gasteiger partial charge in [0.15, 0.2) is 0 Å². The minimum Gasteiger partial charge on any atom is -0.399 e. The van der Waals surface area contributed by atoms with Crippen molar-refractivity contribution in [2.24, 2.45) is 5.18 Å². The number of hydrogen-bond acceptors (Lipinski definition) is 5. The molecule has 0 spiro atoms. The van der Waals surface area contributed by atoms with Gasteiger partial charge in [-0.2, -0.15) is 0 Å². The fraction of sp³-hybridized carbons (Fsp3) is 0. The van der Waals surface area contributed by atoms with E-state index in [1.54, 1.807) is 12.1 Å². The fourth-order valence-corrected chi connectivity index (χ4v) is 2.36. The molecule has 0 fully saturated rings. The molecule has 0 bridgehead atoms. The second-order valence-corrected chi connectivity index (χ2v) is 5.13. The highest BCUT2D eigenvalue weighted by Crippen LogP contribution is 2.35. The fourth-order valence-electron chi connectivity index (χ4n) is 2.36. The molecule has 0 heterocycles. The zero-order valence-electron chi connectivity index (χ0n) is 12.4. The molecule has 0 aliphatic carbocycles. The zero-order valence-corrected chi connectivity index (χ0v) is 12.4. The molecule has 0 radical (unpaired) electrons. The largest absolute Gasteiger partial charge is 0.399 e. The van der Waals surface area contributed by atoms with Crippen LogP contribution < -0.4 is 16.4 Å². The Balaban J connectivity index is 2.10. The minimum absolute atomic E-state index is 0.392. The van der Waals surface area contributed by atoms with Crippen LogP contribution in [-0.4, -0.2) is 0 Å². The van der Waals surface area contributed by atoms with Crippen LogP contribution in [0, 0.1) is 4.91 Å². The summed E-state index contributed by atoms with van der Waals surface area (Å²) in [5.74, 6) is 0. The molecule has 0 aromatic heterocycles. The van der Waals surface area contributed by atoms with Gasteiger partial charge in [-0.25, -0.2) is 0 Å². The minimum atomic E-state index is 0.392. The summed E-state index contributed by atoms with van der Waals surface area (Å²) in [5, 5.41) is 2.94. The molecule has 0 amide bonds. The molecule has 0 saturated heterocycles. The molecular weight excluding hydrogens is 288 g/mol. The standard InChI is InChI=1S/C18H16N4O/c19-13-1-7-16(8-2-13)22(17-9-3-14(20)4-10-17)18-11-5-15(21-23)6-12-18/h1-12H,19-20H2. The summed E-state index contributed by atoms with van der Waals surface area (Å²) in [4.78, 5) is 12.7. The maximum absolute atomic E-state index is 10.6. The lowest BCUT2D eigenvalue weighted by Gasteiger charge is -2.25. The summed E-state index contributed by atoms with van der Waals surface area (Å²) >= 11 is 0. The van der Waals surface area contributed by atoms with E-state index >= 15 is 0 Å². The van der Waals surface area contributed by atoms with Crippen LogP contribution in [0.25, 0.3) is 0 Å². The Bertz CT molecular complexity index is 750. The Morgan fingerprint density at radius 3 is 1.30 bits per heavy atom. The van der Waals surface area contributed by atoms with Crippen molar-refractivity contribution in [2.45, 2.75) is 0 Å². The first-order valence-electron chi connectivity index (χ1n) is 7.12. The van der Waals surface area contributed by atoms with Crippen LogP contribution in [-0.2, 0) is 0 Å². The number of nitrogens with zero attached hydrogens (tertiary/aromatic N) is 2. The van der Waals surface area contributed by atoms with Crippen LogP contribution in [0.15, 0.2) is 78.0 Å². The quantitative estimate of drug-likeness (QED) is 0.539. The Morgan fingerprint density at radius 1 is 0.609 bits per heavy atom. The average Bonchev–Trinajstić information content (AvgIpc) is 2.59. The number of hydrogen-bond donors (Lipinski definition) is 2. The van der Waals surface area contributed by atoms with E-state index in [2.05, 4.69) is 5.18 Å². The van der Waals surface area contributed by atoms with Gasteiger partial charge in [0.05, 0.1) is 0 Å². The summed E-state index contributed by atoms with van der Waals surface area (Å²) in [6, 6.07) is 22.2. The van der Waals surface area contributed by atoms with Crippen LogP contribution in [0.5, 0.6) is 0 Å². The van der Waals surface area contributed by atoms with Gasteiger partial charge in [-0.1, -0.05) is 0 Å². The average molecular weight is 304 g/mol. The molecule has 3 rings (SSSR count). The normalized spacial score (nSPS) is 10.3. The van der Waals surface area contributed by atoms with Gasteiger partial charge in [0.2, 0.25) is 0 Å². The molecule has 4 N–H and O–H groups in total. The maximum atomic E-state index is 10.6. The highest BCUT2D eigenvalue weighted by atomic mass is 16.3. The van der Waals surface area contributed by atoms with Crippen molar-refractivity contribution in [3.63, 3.8) is 0 Å². The number of anilines is 5. The molecule has 0 unspecified atom stereocenters. The Hall–Kier alpha value is -3.34. The van der Waals surface area contributed by atoms with Crippen molar-refractivity contribution >= 4 is 34.1 Å². The van der Waals surface area contributed by atoms with Gasteiger partial charge in [-0.15, -0.1) is 4.91 Å². The van der Waals surface area contributed by atoms with Crippen LogP contribution in [0.1, 0.15) is 0 Å². The first kappa shape index (κ1) is 14.6. The number of nitrogens with two attached hydrogens (primary N) is 2. The Kier molecular flexibility index (Phi) is 3.93. The molecule has 23 heavy (non-hydrogen) atoms. The monoisotopic (exact) mass is 304 g/mol. The molecule has 0 saturated carbocycles. The van der Waals surface area contributed by atoms with Crippen LogP contribution in [0.3, 0.4) is 0 Å². The maximum Gasteiger partial charge on any atom is 0.108 e. The molecule has 0 aliphatic rings. The van der Waals surface area contributed by atoms with E-state index in [0.717, 1.165) is 17.1 Å². The van der Waals surface area contributed by atoms with Gasteiger partial charge in [0, 0.05) is 28.4 Å². The van der Waals surface area contributed by atoms with Gasteiger partial charge in [0.25, 0.3) is 0 Å². The Labute approximate surface area is 134 Å². The Morgan fingerprint density at radius 2 is 0.957 bits per heavy atom. The highest BCUT2D eigenvalue weighted by molar-refractivity contribution is 5.78. The summed E-state index contributed by atoms with van der Waals surface area (Å²) in [6.07, 6.45) is 0. The van der Waals surface area contributed by atoms with Gasteiger partial charge >= 0.3 is 0 Å². The number of benzene rings is 3. The molecule has 3 aromatic rings. The lowest BCUT2D eigenvalue weighted by molar-refractivity contribution is 1.28. The molecule has 114 valence electrons. The highest BCUT2D eigenvalue weighted by Gasteiger charge is 2.12. The molecule has 5 heteroatoms. The molecule has 0 atom stereocenters. The summed E-state index contributed by atoms with van der Waals surface area (Å²) < 4.78 is 0. The van der Waals surface area contributed by atoms with E-state index in [-0.39, 0.29) is 0 Å². The predicted molar refractivity (Wildman–Crippen MR) is 95.4 cm³/mol. The van der Waals surface area contributed by atoms with Crippen molar-refractivity contribution in [3.8, 4) is 0 Å². The molecule has 5 nitrogen and oxygen atoms in total. The van der Waals surface area contributed by atoms with E-state index < -0.39 is 0 Å².